The monoisotopic (exact) mass is 4450 g/mol. The Hall–Kier alpha value is 91.9. The van der Waals surface area contributed by atoms with Gasteiger partial charge in [0.05, 0.1) is 0 Å². The molecule has 0 aromatic rings. The maximum Gasteiger partial charge on any atom is 2.00 e. The number of rotatable bonds is 0. The van der Waals surface area contributed by atoms with Crippen molar-refractivity contribution in [1.29, 1.82) is 126 Å². The van der Waals surface area contributed by atoms with Gasteiger partial charge in [-0.3, -0.25) is 0 Å². The number of hydrogen-bond acceptors (Lipinski definition) is 48. The van der Waals surface area contributed by atoms with Gasteiger partial charge in [-0.1, -0.05) is 303 Å². The van der Waals surface area contributed by atoms with Crippen molar-refractivity contribution in [3.05, 3.63) is 0 Å². The first-order valence-electron chi connectivity index (χ1n) is 10.7. The first kappa shape index (κ1) is 700. The molecule has 0 aliphatic rings. The zero-order valence-electron chi connectivity index (χ0n) is 87.2. The van der Waals surface area contributed by atoms with E-state index in [0.717, 1.165) is 0 Å². The molecule has 0 saturated carbocycles. The molecule has 0 spiro atoms. The molecule has 0 N–H and O–H groups in total. The summed E-state index contributed by atoms with van der Waals surface area (Å²) in [6, 6.07) is 0. The van der Waals surface area contributed by atoms with Crippen LogP contribution in [0, 0.1) is 256 Å². The summed E-state index contributed by atoms with van der Waals surface area (Å²) in [6.45, 7) is 0. The molecule has 0 fully saturated rings. The van der Waals surface area contributed by atoms with E-state index in [9.17, 15) is 0 Å². The molecular formula is C24H24Ca76N24S24+152. The van der Waals surface area contributed by atoms with Crippen LogP contribution in [0.1, 0.15) is 0 Å². The average molecular weight is 4460 g/mol. The third-order valence-corrected chi connectivity index (χ3v) is 0. The molecule has 0 aliphatic carbocycles. The molecule has 0 saturated heterocycles. The molecule has 0 heterocycles. The second-order valence-electron chi connectivity index (χ2n) is 2.40. The Balaban J connectivity index is -0.00000000162. The Bertz CT molecular complexity index is 1440. The average Bonchev–Trinajstić information content (AvgIpc) is 3.25. The fraction of sp³-hybridized carbons (Fsp3) is 0. The fourth-order valence-corrected chi connectivity index (χ4v) is 0. The number of thiocyanates is 24. The molecule has 0 amide bonds. The maximum absolute atomic E-state index is 7.18. The molecule has 148 heavy (non-hydrogen) atoms. The third kappa shape index (κ3) is 1580. The Morgan fingerprint density at radius 2 is 0.0473 bits per heavy atom. The largest absolute Gasteiger partial charge is 2.00 e. The number of nitriles is 24. The van der Waals surface area contributed by atoms with Crippen LogP contribution in [0.15, 0.2) is 0 Å². The van der Waals surface area contributed by atoms with Gasteiger partial charge in [0.15, 0.2) is 0 Å². The second kappa shape index (κ2) is 1010. The van der Waals surface area contributed by atoms with Gasteiger partial charge < -0.3 is 0 Å². The normalized spacial score (nSPS) is 1.30. The van der Waals surface area contributed by atoms with Crippen LogP contribution in [0.25, 0.3) is 0 Å². The number of hydrogen-bond donors (Lipinski definition) is 24. The van der Waals surface area contributed by atoms with Gasteiger partial charge >= 0.3 is 2870 Å². The van der Waals surface area contributed by atoms with Gasteiger partial charge in [0.1, 0.15) is 130 Å². The molecule has 0 radical (unpaired) electrons. The van der Waals surface area contributed by atoms with Crippen molar-refractivity contribution >= 4 is 3170 Å². The zero-order valence-corrected chi connectivity index (χ0v) is 277. The summed E-state index contributed by atoms with van der Waals surface area (Å²) in [5.74, 6) is 0. The predicted octanol–water partition coefficient (Wildman–Crippen LogP) is -19.4. The van der Waals surface area contributed by atoms with Crippen LogP contribution >= 0.6 is 303 Å². The molecule has 0 rings (SSSR count). The number of thiol groups is 24. The van der Waals surface area contributed by atoms with Crippen LogP contribution in [0.3, 0.4) is 0 Å². The van der Waals surface area contributed by atoms with E-state index in [2.05, 4.69) is 303 Å². The molecule has 124 heteroatoms. The van der Waals surface area contributed by atoms with E-state index >= 15 is 0 Å². The van der Waals surface area contributed by atoms with Crippen molar-refractivity contribution in [2.24, 2.45) is 0 Å². The first-order valence-corrected chi connectivity index (χ1v) is 21.5. The van der Waals surface area contributed by atoms with Gasteiger partial charge in [0.25, 0.3) is 0 Å². The second-order valence-corrected chi connectivity index (χ2v) is 7.20. The van der Waals surface area contributed by atoms with E-state index in [-0.39, 0.29) is 2870 Å². The van der Waals surface area contributed by atoms with Crippen molar-refractivity contribution in [3.63, 3.8) is 0 Å². The van der Waals surface area contributed by atoms with Crippen LogP contribution in [-0.2, 0) is 0 Å². The Kier molecular flexibility index (Phi) is 4760. The van der Waals surface area contributed by atoms with Crippen LogP contribution < -0.4 is 0 Å². The molecular weight excluding hydrogens is 4440 g/mol. The van der Waals surface area contributed by atoms with E-state index in [0.29, 0.717) is 0 Å². The summed E-state index contributed by atoms with van der Waals surface area (Å²) in [5.41, 5.74) is 0. The third-order valence-electron chi connectivity index (χ3n) is 0. The molecule has 0 bridgehead atoms. The molecule has 0 aromatic carbocycles. The van der Waals surface area contributed by atoms with Gasteiger partial charge in [0, 0.05) is 0 Å². The van der Waals surface area contributed by atoms with E-state index in [1.54, 1.807) is 0 Å². The summed E-state index contributed by atoms with van der Waals surface area (Å²) in [7, 11) is 0. The molecule has 0 atom stereocenters. The topological polar surface area (TPSA) is 571 Å². The quantitative estimate of drug-likeness (QED) is 0.0608. The standard InChI is InChI=1S/24CHNS.76Ca/c24*2-1-3;;;;;;;;;;;;;;;;;;;;;;;;;;;;;;;;;;;;;;;;;;;;;;;;;;;;;;;;;;;;;;;;;;;;;;;;;;;;/h24*3H;;;;;;;;;;;;;;;;;;;;;;;;;;;;;;;;;;;;;;;;;;;;;;;;;;;;;;;;;;;;;;;;;;;;;;;;;;;;/q;;;;;;;;;;;;;;;;;;;;;;;;76*+2. The summed E-state index contributed by atoms with van der Waals surface area (Å²) in [4.78, 5) is 0. The summed E-state index contributed by atoms with van der Waals surface area (Å²) < 4.78 is 0. The molecule has 24 nitrogen and oxygen atoms in total. The van der Waals surface area contributed by atoms with Gasteiger partial charge in [-0.05, 0) is 0 Å². The van der Waals surface area contributed by atoms with Gasteiger partial charge in [0.2, 0.25) is 0 Å². The van der Waals surface area contributed by atoms with Crippen molar-refractivity contribution in [3.8, 4) is 130 Å². The number of nitrogens with zero attached hydrogens (tertiary/aromatic N) is 24. The minimum atomic E-state index is 0. The fourth-order valence-electron chi connectivity index (χ4n) is 0. The molecule has 0 aromatic heterocycles. The van der Waals surface area contributed by atoms with E-state index in [1.165, 1.54) is 130 Å². The van der Waals surface area contributed by atoms with Crippen molar-refractivity contribution in [1.82, 2.24) is 0 Å². The first-order chi connectivity index (χ1) is 33.9. The predicted molar refractivity (Wildman–Crippen MR) is 788 cm³/mol. The Morgan fingerprint density at radius 3 is 0.0473 bits per heavy atom. The smallest absolute Gasteiger partial charge is 0.185 e. The Morgan fingerprint density at radius 1 is 0.0473 bits per heavy atom. The molecule has 384 valence electrons. The van der Waals surface area contributed by atoms with Gasteiger partial charge in [-0.25, -0.2) is 0 Å². The van der Waals surface area contributed by atoms with Crippen LogP contribution in [0.4, 0.5) is 0 Å². The minimum absolute atomic E-state index is 0. The SMILES string of the molecule is N#CS.N#CS.N#CS.N#CS.N#CS.N#CS.N#CS.N#CS.N#CS.N#CS.N#CS.N#CS.N#CS.N#CS.N#CS.N#CS.N#CS.N#CS.N#CS.N#CS.N#CS.N#CS.N#CS.N#CS.[Ca+2].[Ca+2].[Ca+2].[Ca+2].[Ca+2].[Ca+2].[Ca+2].[Ca+2].[Ca+2].[Ca+2].[Ca+2].[Ca+2].[Ca+2].[Ca+2].[Ca+2].[Ca+2].[Ca+2].[Ca+2].[Ca+2].[Ca+2].[Ca+2].[Ca+2].[Ca+2].[Ca+2].[Ca+2].[Ca+2].[Ca+2].[Ca+2].[Ca+2].[Ca+2].[Ca+2].[Ca+2].[Ca+2].[Ca+2].[Ca+2].[Ca+2].[Ca+2].[Ca+2].[Ca+2].[Ca+2].[Ca+2].[Ca+2].[Ca+2].[Ca+2].[Ca+2].[Ca+2].[Ca+2].[Ca+2].[Ca+2].[Ca+2].[Ca+2].[Ca+2].[Ca+2].[Ca+2].[Ca+2].[Ca+2].[Ca+2].[Ca+2].[Ca+2].[Ca+2].[Ca+2].[Ca+2].[Ca+2].[Ca+2].[Ca+2].[Ca+2].[Ca+2].[Ca+2].[Ca+2].[Ca+2].[Ca+2].[Ca+2].[Ca+2].[Ca+2].[Ca+2].[Ca+2]. The zero-order chi connectivity index (χ0) is 65.0. The van der Waals surface area contributed by atoms with Crippen LogP contribution in [-0.4, -0.2) is 2870 Å². The minimum Gasteiger partial charge on any atom is -0.185 e. The summed E-state index contributed by atoms with van der Waals surface area (Å²) in [6.07, 6.45) is 0. The van der Waals surface area contributed by atoms with E-state index < -0.39 is 0 Å². The van der Waals surface area contributed by atoms with Crippen LogP contribution in [0.5, 0.6) is 0 Å². The van der Waals surface area contributed by atoms with Gasteiger partial charge in [-0.2, -0.15) is 126 Å². The van der Waals surface area contributed by atoms with Crippen molar-refractivity contribution < 1.29 is 0 Å². The van der Waals surface area contributed by atoms with Gasteiger partial charge in [-0.15, -0.1) is 0 Å². The van der Waals surface area contributed by atoms with E-state index in [1.807, 2.05) is 0 Å². The summed E-state index contributed by atoms with van der Waals surface area (Å²) >= 11 is 74.3. The maximum atomic E-state index is 7.18. The van der Waals surface area contributed by atoms with Crippen molar-refractivity contribution in [2.75, 3.05) is 0 Å². The summed E-state index contributed by atoms with van der Waals surface area (Å²) in [5, 5.41) is 207. The molecule has 0 unspecified atom stereocenters. The van der Waals surface area contributed by atoms with Crippen molar-refractivity contribution in [2.45, 2.75) is 0 Å². The Labute approximate surface area is 3300 Å². The van der Waals surface area contributed by atoms with E-state index in [4.69, 9.17) is 126 Å². The van der Waals surface area contributed by atoms with Crippen LogP contribution in [0.2, 0.25) is 0 Å². The molecule has 0 aliphatic heterocycles.